The van der Waals surface area contributed by atoms with Crippen LogP contribution in [0, 0.1) is 0 Å². The number of methoxy groups -OCH3 is 1. The molecule has 0 unspecified atom stereocenters. The van der Waals surface area contributed by atoms with Crippen LogP contribution < -0.4 is 10.6 Å². The first-order valence-corrected chi connectivity index (χ1v) is 14.2. The molecule has 0 fully saturated rings. The Kier molecular flexibility index (Phi) is 20.9. The van der Waals surface area contributed by atoms with Crippen LogP contribution in [0.5, 0.6) is 0 Å². The van der Waals surface area contributed by atoms with Gasteiger partial charge in [0.05, 0.1) is 7.11 Å². The van der Waals surface area contributed by atoms with Crippen LogP contribution in [-0.4, -0.2) is 62.3 Å². The van der Waals surface area contributed by atoms with Gasteiger partial charge in [0.2, 0.25) is 0 Å². The maximum Gasteiger partial charge on any atom is 0.500 e. The highest BCUT2D eigenvalue weighted by atomic mass is 28.4. The van der Waals surface area contributed by atoms with E-state index < -0.39 is 8.80 Å². The quantitative estimate of drug-likeness (QED) is 0.132. The Labute approximate surface area is 196 Å². The number of carbonyl (C=O) groups is 2. The molecule has 0 saturated heterocycles. The summed E-state index contributed by atoms with van der Waals surface area (Å²) in [7, 11) is 3.92. The zero-order chi connectivity index (χ0) is 23.9. The van der Waals surface area contributed by atoms with Crippen LogP contribution >= 0.6 is 0 Å². The Morgan fingerprint density at radius 2 is 1.00 bits per heavy atom. The second kappa shape index (κ2) is 21.7. The van der Waals surface area contributed by atoms with Crippen molar-refractivity contribution in [2.45, 2.75) is 95.9 Å². The number of rotatable bonds is 22. The molecule has 190 valence electrons. The molecular formula is C23H48N2O6Si. The number of hydrogen-bond donors (Lipinski definition) is 2. The lowest BCUT2D eigenvalue weighted by Gasteiger charge is -2.24. The maximum absolute atomic E-state index is 11.8. The topological polar surface area (TPSA) is 95.1 Å². The van der Waals surface area contributed by atoms with Gasteiger partial charge in [0, 0.05) is 46.9 Å². The summed E-state index contributed by atoms with van der Waals surface area (Å²) in [5.41, 5.74) is 0. The van der Waals surface area contributed by atoms with Gasteiger partial charge in [0.25, 0.3) is 0 Å². The van der Waals surface area contributed by atoms with E-state index >= 15 is 0 Å². The third-order valence-corrected chi connectivity index (χ3v) is 8.53. The van der Waals surface area contributed by atoms with Crippen LogP contribution in [0.1, 0.15) is 89.9 Å². The molecule has 0 aromatic heterocycles. The van der Waals surface area contributed by atoms with Crippen LogP contribution in [-0.2, 0) is 22.8 Å². The van der Waals surface area contributed by atoms with Gasteiger partial charge in [0.1, 0.15) is 0 Å². The van der Waals surface area contributed by atoms with Crippen LogP contribution in [0.2, 0.25) is 6.04 Å². The number of urea groups is 1. The smallest absolute Gasteiger partial charge is 0.469 e. The fraction of sp³-hybridized carbons (Fsp3) is 0.913. The van der Waals surface area contributed by atoms with Crippen LogP contribution in [0.4, 0.5) is 4.79 Å². The Bertz CT molecular complexity index is 456. The summed E-state index contributed by atoms with van der Waals surface area (Å²) in [5, 5.41) is 5.86. The molecule has 2 N–H and O–H groups in total. The number of esters is 1. The second-order valence-electron chi connectivity index (χ2n) is 8.15. The van der Waals surface area contributed by atoms with Gasteiger partial charge in [0.15, 0.2) is 0 Å². The molecule has 0 radical (unpaired) electrons. The molecule has 0 rings (SSSR count). The van der Waals surface area contributed by atoms with Crippen molar-refractivity contribution < 1.29 is 27.6 Å². The lowest BCUT2D eigenvalue weighted by molar-refractivity contribution is -0.140. The minimum Gasteiger partial charge on any atom is -0.469 e. The molecule has 0 saturated carbocycles. The average Bonchev–Trinajstić information content (AvgIpc) is 2.81. The van der Waals surface area contributed by atoms with E-state index in [1.807, 2.05) is 0 Å². The number of unbranched alkanes of at least 4 members (excludes halogenated alkanes) is 11. The van der Waals surface area contributed by atoms with Gasteiger partial charge in [-0.25, -0.2) is 4.79 Å². The van der Waals surface area contributed by atoms with Crippen LogP contribution in [0.25, 0.3) is 0 Å². The summed E-state index contributed by atoms with van der Waals surface area (Å²) in [5.74, 6) is -0.107. The van der Waals surface area contributed by atoms with Gasteiger partial charge in [-0.05, 0) is 25.7 Å². The first-order valence-electron chi connectivity index (χ1n) is 12.3. The number of ether oxygens (including phenoxy) is 1. The highest BCUT2D eigenvalue weighted by molar-refractivity contribution is 6.60. The van der Waals surface area contributed by atoms with E-state index in [9.17, 15) is 9.59 Å². The molecule has 8 nitrogen and oxygen atoms in total. The summed E-state index contributed by atoms with van der Waals surface area (Å²) in [6.45, 7) is 1.43. The number of hydrogen-bond acceptors (Lipinski definition) is 6. The summed E-state index contributed by atoms with van der Waals surface area (Å²) < 4.78 is 20.9. The molecule has 32 heavy (non-hydrogen) atoms. The molecule has 0 heterocycles. The van der Waals surface area contributed by atoms with E-state index in [1.54, 1.807) is 21.3 Å². The van der Waals surface area contributed by atoms with Crippen molar-refractivity contribution in [1.82, 2.24) is 10.6 Å². The standard InChI is InChI=1S/C23H48N2O6Si/c1-28-22(26)18-14-10-8-6-5-7-9-11-15-19-24-23(27)25-20-16-12-13-17-21-32(29-2,30-3)31-4/h5-21H2,1-4H3,(H2,24,25,27). The SMILES string of the molecule is COC(=O)CCCCCCCCCCCNC(=O)NCCCCCC[Si](OC)(OC)OC. The van der Waals surface area contributed by atoms with Crippen molar-refractivity contribution in [3.05, 3.63) is 0 Å². The van der Waals surface area contributed by atoms with Crippen molar-refractivity contribution in [2.75, 3.05) is 41.5 Å². The highest BCUT2D eigenvalue weighted by Gasteiger charge is 2.36. The van der Waals surface area contributed by atoms with Crippen molar-refractivity contribution in [2.24, 2.45) is 0 Å². The number of amides is 2. The fourth-order valence-corrected chi connectivity index (χ4v) is 5.37. The van der Waals surface area contributed by atoms with E-state index in [0.29, 0.717) is 13.0 Å². The van der Waals surface area contributed by atoms with Crippen molar-refractivity contribution >= 4 is 20.8 Å². The van der Waals surface area contributed by atoms with Gasteiger partial charge in [-0.15, -0.1) is 0 Å². The fourth-order valence-electron chi connectivity index (χ4n) is 3.58. The third-order valence-electron chi connectivity index (χ3n) is 5.70. The molecule has 0 aliphatic carbocycles. The zero-order valence-electron chi connectivity index (χ0n) is 21.0. The normalized spacial score (nSPS) is 11.4. The number of nitrogens with one attached hydrogen (secondary N) is 2. The lowest BCUT2D eigenvalue weighted by atomic mass is 10.1. The predicted molar refractivity (Wildman–Crippen MR) is 130 cm³/mol. The molecule has 9 heteroatoms. The van der Waals surface area contributed by atoms with E-state index in [1.165, 1.54) is 39.2 Å². The van der Waals surface area contributed by atoms with Gasteiger partial charge < -0.3 is 28.6 Å². The van der Waals surface area contributed by atoms with Crippen molar-refractivity contribution in [1.29, 1.82) is 0 Å². The molecule has 2 amide bonds. The van der Waals surface area contributed by atoms with Crippen molar-refractivity contribution in [3.8, 4) is 0 Å². The predicted octanol–water partition coefficient (Wildman–Crippen LogP) is 4.80. The van der Waals surface area contributed by atoms with E-state index in [-0.39, 0.29) is 12.0 Å². The Hall–Kier alpha value is -1.16. The van der Waals surface area contributed by atoms with Gasteiger partial charge in [-0.3, -0.25) is 4.79 Å². The molecular weight excluding hydrogens is 428 g/mol. The van der Waals surface area contributed by atoms with E-state index in [0.717, 1.165) is 64.0 Å². The first-order chi connectivity index (χ1) is 15.5. The Morgan fingerprint density at radius 1 is 0.594 bits per heavy atom. The van der Waals surface area contributed by atoms with Gasteiger partial charge in [-0.2, -0.15) is 0 Å². The lowest BCUT2D eigenvalue weighted by Crippen LogP contribution is -2.42. The van der Waals surface area contributed by atoms with Crippen molar-refractivity contribution in [3.63, 3.8) is 0 Å². The Morgan fingerprint density at radius 3 is 1.44 bits per heavy atom. The monoisotopic (exact) mass is 476 g/mol. The summed E-state index contributed by atoms with van der Waals surface area (Å²) in [4.78, 5) is 22.8. The van der Waals surface area contributed by atoms with Gasteiger partial charge in [-0.1, -0.05) is 57.8 Å². The molecule has 0 spiro atoms. The average molecular weight is 477 g/mol. The number of carbonyl (C=O) groups excluding carboxylic acids is 2. The summed E-state index contributed by atoms with van der Waals surface area (Å²) in [6, 6.07) is 0.753. The third kappa shape index (κ3) is 17.4. The molecule has 0 aromatic rings. The summed E-state index contributed by atoms with van der Waals surface area (Å²) >= 11 is 0. The first kappa shape index (κ1) is 30.8. The molecule has 0 aliphatic rings. The van der Waals surface area contributed by atoms with Gasteiger partial charge >= 0.3 is 20.8 Å². The molecule has 0 aliphatic heterocycles. The minimum absolute atomic E-state index is 0.0680. The Balaban J connectivity index is 3.36. The van der Waals surface area contributed by atoms with Crippen LogP contribution in [0.15, 0.2) is 0 Å². The molecule has 0 atom stereocenters. The summed E-state index contributed by atoms with van der Waals surface area (Å²) in [6.07, 6.45) is 15.0. The largest absolute Gasteiger partial charge is 0.500 e. The maximum atomic E-state index is 11.8. The second-order valence-corrected chi connectivity index (χ2v) is 11.2. The highest BCUT2D eigenvalue weighted by Crippen LogP contribution is 2.17. The molecule has 0 aromatic carbocycles. The van der Waals surface area contributed by atoms with E-state index in [4.69, 9.17) is 13.3 Å². The molecule has 0 bridgehead atoms. The zero-order valence-corrected chi connectivity index (χ0v) is 22.0. The minimum atomic E-state index is -2.44. The van der Waals surface area contributed by atoms with E-state index in [2.05, 4.69) is 15.4 Å². The van der Waals surface area contributed by atoms with Crippen LogP contribution in [0.3, 0.4) is 0 Å².